The topological polar surface area (TPSA) is 81.3 Å². The average Bonchev–Trinajstić information content (AvgIpc) is 3.30. The second-order valence-electron chi connectivity index (χ2n) is 6.70. The summed E-state index contributed by atoms with van der Waals surface area (Å²) in [5.74, 6) is 0.631. The first kappa shape index (κ1) is 18.1. The molecule has 0 unspecified atom stereocenters. The smallest absolute Gasteiger partial charge is 0.275 e. The van der Waals surface area contributed by atoms with Crippen LogP contribution in [0.5, 0.6) is 0 Å². The van der Waals surface area contributed by atoms with Gasteiger partial charge in [-0.05, 0) is 43.8 Å². The molecule has 4 aromatic rings. The monoisotopic (exact) mass is 393 g/mol. The largest absolute Gasteiger partial charge is 0.324 e. The summed E-state index contributed by atoms with van der Waals surface area (Å²) in [6.07, 6.45) is 0. The van der Waals surface area contributed by atoms with Gasteiger partial charge >= 0.3 is 0 Å². The van der Waals surface area contributed by atoms with E-state index in [9.17, 15) is 9.59 Å². The standard InChI is InChI=1S/C20H19N5O2S/c1-12-6-7-15(13(2)9-12)21-17(26)11-24-14(3)10-18(27)25-20(24)22-19(23-25)16-5-4-8-28-16/h4-10H,11H2,1-3H3,(H,21,26). The molecule has 0 spiro atoms. The lowest BCUT2D eigenvalue weighted by molar-refractivity contribution is -0.116. The molecule has 0 radical (unpaired) electrons. The number of thiophene rings is 1. The third kappa shape index (κ3) is 3.34. The summed E-state index contributed by atoms with van der Waals surface area (Å²) in [5.41, 5.74) is 3.29. The van der Waals surface area contributed by atoms with Gasteiger partial charge < -0.3 is 9.88 Å². The predicted molar refractivity (Wildman–Crippen MR) is 110 cm³/mol. The van der Waals surface area contributed by atoms with Crippen molar-refractivity contribution < 1.29 is 4.79 Å². The molecule has 1 aromatic carbocycles. The Balaban J connectivity index is 1.69. The van der Waals surface area contributed by atoms with Crippen LogP contribution in [0.15, 0.2) is 46.6 Å². The van der Waals surface area contributed by atoms with Crippen LogP contribution in [0.3, 0.4) is 0 Å². The van der Waals surface area contributed by atoms with Crippen LogP contribution in [-0.4, -0.2) is 25.1 Å². The van der Waals surface area contributed by atoms with Crippen molar-refractivity contribution in [2.24, 2.45) is 0 Å². The summed E-state index contributed by atoms with van der Waals surface area (Å²) >= 11 is 1.50. The van der Waals surface area contributed by atoms with Crippen LogP contribution in [0, 0.1) is 20.8 Å². The van der Waals surface area contributed by atoms with Crippen molar-refractivity contribution in [1.82, 2.24) is 19.2 Å². The lowest BCUT2D eigenvalue weighted by Gasteiger charge is -2.13. The highest BCUT2D eigenvalue weighted by Crippen LogP contribution is 2.21. The Hall–Kier alpha value is -3.26. The van der Waals surface area contributed by atoms with E-state index in [0.29, 0.717) is 17.3 Å². The van der Waals surface area contributed by atoms with E-state index in [4.69, 9.17) is 0 Å². The normalized spacial score (nSPS) is 11.1. The van der Waals surface area contributed by atoms with Crippen molar-refractivity contribution in [2.75, 3.05) is 5.32 Å². The minimum Gasteiger partial charge on any atom is -0.324 e. The number of nitrogens with one attached hydrogen (secondary N) is 1. The number of hydrogen-bond acceptors (Lipinski definition) is 5. The number of nitrogens with zero attached hydrogens (tertiary/aromatic N) is 4. The third-order valence-electron chi connectivity index (χ3n) is 4.50. The quantitative estimate of drug-likeness (QED) is 0.577. The van der Waals surface area contributed by atoms with Crippen molar-refractivity contribution in [1.29, 1.82) is 0 Å². The van der Waals surface area contributed by atoms with Crippen LogP contribution in [0.25, 0.3) is 16.5 Å². The summed E-state index contributed by atoms with van der Waals surface area (Å²) in [6.45, 7) is 5.78. The molecule has 0 fully saturated rings. The minimum absolute atomic E-state index is 0.0332. The molecule has 0 atom stereocenters. The highest BCUT2D eigenvalue weighted by molar-refractivity contribution is 7.13. The van der Waals surface area contributed by atoms with Crippen LogP contribution < -0.4 is 10.9 Å². The van der Waals surface area contributed by atoms with Crippen LogP contribution in [0.1, 0.15) is 16.8 Å². The molecular weight excluding hydrogens is 374 g/mol. The van der Waals surface area contributed by atoms with E-state index in [1.165, 1.54) is 21.9 Å². The third-order valence-corrected chi connectivity index (χ3v) is 5.36. The Labute approximate surface area is 165 Å². The molecule has 142 valence electrons. The van der Waals surface area contributed by atoms with Gasteiger partial charge in [-0.3, -0.25) is 9.59 Å². The Morgan fingerprint density at radius 1 is 1.18 bits per heavy atom. The number of carbonyl (C=O) groups is 1. The van der Waals surface area contributed by atoms with Gasteiger partial charge in [-0.15, -0.1) is 16.4 Å². The molecule has 0 saturated carbocycles. The second kappa shape index (κ2) is 7.05. The zero-order chi connectivity index (χ0) is 19.8. The van der Waals surface area contributed by atoms with Gasteiger partial charge in [0.2, 0.25) is 11.7 Å². The Bertz CT molecular complexity index is 1240. The maximum absolute atomic E-state index is 12.7. The molecule has 7 nitrogen and oxygen atoms in total. The molecule has 8 heteroatoms. The van der Waals surface area contributed by atoms with Crippen molar-refractivity contribution in [3.8, 4) is 10.7 Å². The van der Waals surface area contributed by atoms with Crippen LogP contribution >= 0.6 is 11.3 Å². The van der Waals surface area contributed by atoms with E-state index in [-0.39, 0.29) is 18.0 Å². The molecule has 3 aromatic heterocycles. The van der Waals surface area contributed by atoms with Crippen LogP contribution in [-0.2, 0) is 11.3 Å². The summed E-state index contributed by atoms with van der Waals surface area (Å²) < 4.78 is 2.94. The predicted octanol–water partition coefficient (Wildman–Crippen LogP) is 3.18. The highest BCUT2D eigenvalue weighted by Gasteiger charge is 2.16. The molecule has 1 N–H and O–H groups in total. The summed E-state index contributed by atoms with van der Waals surface area (Å²) in [4.78, 5) is 30.4. The molecule has 0 aliphatic rings. The minimum atomic E-state index is -0.270. The Morgan fingerprint density at radius 3 is 2.71 bits per heavy atom. The number of carbonyl (C=O) groups excluding carboxylic acids is 1. The van der Waals surface area contributed by atoms with E-state index < -0.39 is 0 Å². The molecule has 3 heterocycles. The van der Waals surface area contributed by atoms with E-state index >= 15 is 0 Å². The molecule has 0 bridgehead atoms. The first-order valence-corrected chi connectivity index (χ1v) is 9.68. The van der Waals surface area contributed by atoms with E-state index in [1.54, 1.807) is 11.5 Å². The molecule has 1 amide bonds. The molecule has 28 heavy (non-hydrogen) atoms. The summed E-state index contributed by atoms with van der Waals surface area (Å²) in [6, 6.07) is 11.1. The number of aryl methyl sites for hydroxylation is 3. The zero-order valence-corrected chi connectivity index (χ0v) is 16.6. The maximum Gasteiger partial charge on any atom is 0.275 e. The lowest BCUT2D eigenvalue weighted by atomic mass is 10.1. The maximum atomic E-state index is 12.7. The zero-order valence-electron chi connectivity index (χ0n) is 15.8. The number of benzene rings is 1. The van der Waals surface area contributed by atoms with Crippen molar-refractivity contribution >= 4 is 28.7 Å². The van der Waals surface area contributed by atoms with Gasteiger partial charge in [-0.2, -0.15) is 9.50 Å². The van der Waals surface area contributed by atoms with E-state index in [0.717, 1.165) is 21.7 Å². The van der Waals surface area contributed by atoms with Crippen molar-refractivity contribution in [3.63, 3.8) is 0 Å². The number of rotatable bonds is 4. The van der Waals surface area contributed by atoms with Gasteiger partial charge in [0.1, 0.15) is 6.54 Å². The number of anilines is 1. The Kier molecular flexibility index (Phi) is 4.56. The van der Waals surface area contributed by atoms with E-state index in [1.807, 2.05) is 49.6 Å². The number of amides is 1. The number of fused-ring (bicyclic) bond motifs is 1. The first-order valence-electron chi connectivity index (χ1n) is 8.80. The van der Waals surface area contributed by atoms with Gasteiger partial charge in [0.05, 0.1) is 4.88 Å². The molecule has 0 saturated heterocycles. The van der Waals surface area contributed by atoms with Crippen LogP contribution in [0.4, 0.5) is 5.69 Å². The SMILES string of the molecule is Cc1ccc(NC(=O)Cn2c(C)cc(=O)n3nc(-c4cccs4)nc23)c(C)c1. The van der Waals surface area contributed by atoms with E-state index in [2.05, 4.69) is 15.4 Å². The van der Waals surface area contributed by atoms with Gasteiger partial charge in [0, 0.05) is 17.4 Å². The fourth-order valence-corrected chi connectivity index (χ4v) is 3.75. The Morgan fingerprint density at radius 2 is 2.00 bits per heavy atom. The summed E-state index contributed by atoms with van der Waals surface area (Å²) in [7, 11) is 0. The lowest BCUT2D eigenvalue weighted by Crippen LogP contribution is -2.25. The van der Waals surface area contributed by atoms with Crippen LogP contribution in [0.2, 0.25) is 0 Å². The molecule has 0 aliphatic heterocycles. The van der Waals surface area contributed by atoms with Crippen molar-refractivity contribution in [3.05, 3.63) is 69.0 Å². The van der Waals surface area contributed by atoms with Gasteiger partial charge in [-0.25, -0.2) is 0 Å². The molecule has 4 rings (SSSR count). The second-order valence-corrected chi connectivity index (χ2v) is 7.65. The average molecular weight is 393 g/mol. The number of aromatic nitrogens is 4. The number of hydrogen-bond donors (Lipinski definition) is 1. The van der Waals surface area contributed by atoms with Gasteiger partial charge in [0.15, 0.2) is 5.82 Å². The van der Waals surface area contributed by atoms with Crippen molar-refractivity contribution in [2.45, 2.75) is 27.3 Å². The molecule has 0 aliphatic carbocycles. The fourth-order valence-electron chi connectivity index (χ4n) is 3.09. The van der Waals surface area contributed by atoms with Gasteiger partial charge in [-0.1, -0.05) is 23.8 Å². The fraction of sp³-hybridized carbons (Fsp3) is 0.200. The van der Waals surface area contributed by atoms with Gasteiger partial charge in [0.25, 0.3) is 5.56 Å². The molecular formula is C20H19N5O2S. The first-order chi connectivity index (χ1) is 13.4. The highest BCUT2D eigenvalue weighted by atomic mass is 32.1. The summed E-state index contributed by atoms with van der Waals surface area (Å²) in [5, 5.41) is 9.18.